The first kappa shape index (κ1) is 19.6. The second-order valence-electron chi connectivity index (χ2n) is 7.95. The van der Waals surface area contributed by atoms with E-state index in [1.54, 1.807) is 6.92 Å². The molecule has 3 heterocycles. The van der Waals surface area contributed by atoms with Crippen molar-refractivity contribution in [2.75, 3.05) is 26.3 Å². The Morgan fingerprint density at radius 3 is 2.30 bits per heavy atom. The van der Waals surface area contributed by atoms with E-state index in [1.807, 2.05) is 13.8 Å². The predicted octanol–water partition coefficient (Wildman–Crippen LogP) is 2.16. The van der Waals surface area contributed by atoms with E-state index in [0.29, 0.717) is 31.9 Å². The third kappa shape index (κ3) is 3.52. The smallest absolute Gasteiger partial charge is 0.380 e. The van der Waals surface area contributed by atoms with Crippen LogP contribution in [0.3, 0.4) is 0 Å². The molecule has 2 aliphatic heterocycles. The summed E-state index contributed by atoms with van der Waals surface area (Å²) in [6, 6.07) is 1.45. The maximum Gasteiger partial charge on any atom is 0.433 e. The van der Waals surface area contributed by atoms with E-state index in [9.17, 15) is 22.8 Å². The lowest BCUT2D eigenvalue weighted by atomic mass is 9.71. The van der Waals surface area contributed by atoms with Crippen molar-refractivity contribution >= 4 is 11.8 Å². The zero-order chi connectivity index (χ0) is 20.0. The second-order valence-corrected chi connectivity index (χ2v) is 7.95. The van der Waals surface area contributed by atoms with Gasteiger partial charge >= 0.3 is 18.0 Å². The van der Waals surface area contributed by atoms with Gasteiger partial charge in [-0.05, 0) is 18.6 Å². The van der Waals surface area contributed by atoms with E-state index in [2.05, 4.69) is 10.3 Å². The van der Waals surface area contributed by atoms with Crippen LogP contribution in [0.15, 0.2) is 18.3 Å². The number of aromatic nitrogens is 1. The molecule has 0 spiro atoms. The van der Waals surface area contributed by atoms with Gasteiger partial charge < -0.3 is 15.0 Å². The average molecular weight is 385 g/mol. The van der Waals surface area contributed by atoms with Gasteiger partial charge in [-0.1, -0.05) is 19.9 Å². The van der Waals surface area contributed by atoms with Gasteiger partial charge in [0.15, 0.2) is 0 Å². The van der Waals surface area contributed by atoms with Gasteiger partial charge in [0.2, 0.25) is 0 Å². The molecule has 2 aliphatic rings. The van der Waals surface area contributed by atoms with Crippen LogP contribution >= 0.6 is 0 Å². The van der Waals surface area contributed by atoms with Crippen LogP contribution < -0.4 is 5.32 Å². The zero-order valence-electron chi connectivity index (χ0n) is 15.4. The summed E-state index contributed by atoms with van der Waals surface area (Å²) in [6.07, 6.45) is -3.47. The van der Waals surface area contributed by atoms with E-state index in [-0.39, 0.29) is 10.8 Å². The number of carbonyl (C=O) groups is 2. The van der Waals surface area contributed by atoms with Crippen LogP contribution in [0.2, 0.25) is 0 Å². The summed E-state index contributed by atoms with van der Waals surface area (Å²) in [4.78, 5) is 29.8. The monoisotopic (exact) mass is 385 g/mol. The molecule has 27 heavy (non-hydrogen) atoms. The van der Waals surface area contributed by atoms with Crippen molar-refractivity contribution in [3.05, 3.63) is 29.6 Å². The summed E-state index contributed by atoms with van der Waals surface area (Å²) in [7, 11) is 0. The van der Waals surface area contributed by atoms with Crippen LogP contribution in [0.5, 0.6) is 0 Å². The zero-order valence-corrected chi connectivity index (χ0v) is 15.4. The van der Waals surface area contributed by atoms with Crippen LogP contribution in [0.1, 0.15) is 38.1 Å². The number of pyridine rings is 1. The van der Waals surface area contributed by atoms with Gasteiger partial charge in [0.25, 0.3) is 0 Å². The quantitative estimate of drug-likeness (QED) is 0.792. The highest BCUT2D eigenvalue weighted by molar-refractivity contribution is 6.35. The Labute approximate surface area is 155 Å². The van der Waals surface area contributed by atoms with E-state index >= 15 is 0 Å². The topological polar surface area (TPSA) is 71.5 Å². The van der Waals surface area contributed by atoms with Gasteiger partial charge in [0, 0.05) is 30.1 Å². The number of carbonyl (C=O) groups excluding carboxylic acids is 2. The molecule has 2 fully saturated rings. The first-order valence-electron chi connectivity index (χ1n) is 8.66. The Kier molecular flexibility index (Phi) is 4.70. The molecule has 3 atom stereocenters. The Morgan fingerprint density at radius 1 is 1.22 bits per heavy atom. The molecule has 0 radical (unpaired) electrons. The second kappa shape index (κ2) is 6.47. The predicted molar refractivity (Wildman–Crippen MR) is 89.4 cm³/mol. The van der Waals surface area contributed by atoms with Crippen molar-refractivity contribution in [3.8, 4) is 0 Å². The Morgan fingerprint density at radius 2 is 1.81 bits per heavy atom. The average Bonchev–Trinajstić information content (AvgIpc) is 3.00. The van der Waals surface area contributed by atoms with Gasteiger partial charge in [0.05, 0.1) is 19.3 Å². The summed E-state index contributed by atoms with van der Waals surface area (Å²) in [6.45, 7) is 7.64. The Hall–Kier alpha value is -2.16. The van der Waals surface area contributed by atoms with Gasteiger partial charge in [-0.25, -0.2) is 0 Å². The number of fused-ring (bicyclic) bond motifs is 1. The fourth-order valence-electron chi connectivity index (χ4n) is 3.68. The number of ether oxygens (including phenoxy) is 1. The number of halogens is 3. The van der Waals surface area contributed by atoms with E-state index in [4.69, 9.17) is 4.74 Å². The number of likely N-dealkylation sites (tertiary alicyclic amines) is 1. The molecule has 9 heteroatoms. The molecule has 6 nitrogen and oxygen atoms in total. The lowest BCUT2D eigenvalue weighted by molar-refractivity contribution is -0.146. The van der Waals surface area contributed by atoms with E-state index in [0.717, 1.165) is 12.3 Å². The summed E-state index contributed by atoms with van der Waals surface area (Å²) >= 11 is 0. The van der Waals surface area contributed by atoms with Gasteiger partial charge in [-0.3, -0.25) is 14.6 Å². The maximum atomic E-state index is 12.6. The SMILES string of the molecule is C[C@@H](NC(=O)C(=O)N1C[C@]2(C)COC[C@]2(C)C1)c1ccc(C(F)(F)F)nc1. The first-order valence-corrected chi connectivity index (χ1v) is 8.66. The third-order valence-corrected chi connectivity index (χ3v) is 5.78. The van der Waals surface area contributed by atoms with Crippen LogP contribution in [0, 0.1) is 10.8 Å². The number of nitrogens with one attached hydrogen (secondary N) is 1. The Balaban J connectivity index is 1.62. The molecule has 2 saturated heterocycles. The van der Waals surface area contributed by atoms with Crippen molar-refractivity contribution in [2.45, 2.75) is 33.0 Å². The summed E-state index contributed by atoms with van der Waals surface area (Å²) in [5, 5.41) is 2.54. The number of hydrogen-bond acceptors (Lipinski definition) is 4. The van der Waals surface area contributed by atoms with Gasteiger partial charge in [-0.15, -0.1) is 0 Å². The molecule has 0 bridgehead atoms. The fourth-order valence-corrected chi connectivity index (χ4v) is 3.68. The normalized spacial score (nSPS) is 28.7. The van der Waals surface area contributed by atoms with Crippen LogP contribution in [0.4, 0.5) is 13.2 Å². The third-order valence-electron chi connectivity index (χ3n) is 5.78. The molecule has 2 amide bonds. The molecule has 0 saturated carbocycles. The van der Waals surface area contributed by atoms with Gasteiger partial charge in [-0.2, -0.15) is 13.2 Å². The van der Waals surface area contributed by atoms with E-state index < -0.39 is 29.7 Å². The highest BCUT2D eigenvalue weighted by Crippen LogP contribution is 2.50. The minimum Gasteiger partial charge on any atom is -0.380 e. The number of nitrogens with zero attached hydrogens (tertiary/aromatic N) is 2. The van der Waals surface area contributed by atoms with Crippen LogP contribution in [-0.4, -0.2) is 48.0 Å². The summed E-state index contributed by atoms with van der Waals surface area (Å²) in [5.74, 6) is -1.42. The molecule has 0 unspecified atom stereocenters. The number of amides is 2. The molecule has 1 aromatic heterocycles. The fraction of sp³-hybridized carbons (Fsp3) is 0.611. The lowest BCUT2D eigenvalue weighted by Gasteiger charge is -2.29. The van der Waals surface area contributed by atoms with Crippen molar-refractivity contribution in [2.24, 2.45) is 10.8 Å². The van der Waals surface area contributed by atoms with Crippen molar-refractivity contribution in [1.29, 1.82) is 0 Å². The van der Waals surface area contributed by atoms with Crippen molar-refractivity contribution in [1.82, 2.24) is 15.2 Å². The summed E-state index contributed by atoms with van der Waals surface area (Å²) < 4.78 is 43.3. The summed E-state index contributed by atoms with van der Waals surface area (Å²) in [5.41, 5.74) is -0.999. The minimum atomic E-state index is -4.52. The standard InChI is InChI=1S/C18H22F3N3O3/c1-11(12-4-5-13(22-6-12)18(19,20)21)23-14(25)15(26)24-7-16(2)9-27-10-17(16,3)8-24/h4-6,11H,7-10H2,1-3H3,(H,23,25)/t11-,16-,17+/m1/s1. The van der Waals surface area contributed by atoms with Crippen LogP contribution in [0.25, 0.3) is 0 Å². The molecular formula is C18H22F3N3O3. The lowest BCUT2D eigenvalue weighted by Crippen LogP contribution is -2.44. The molecule has 148 valence electrons. The van der Waals surface area contributed by atoms with Gasteiger partial charge in [0.1, 0.15) is 5.69 Å². The molecule has 0 aromatic carbocycles. The van der Waals surface area contributed by atoms with Crippen molar-refractivity contribution < 1.29 is 27.5 Å². The van der Waals surface area contributed by atoms with Crippen LogP contribution in [-0.2, 0) is 20.5 Å². The highest BCUT2D eigenvalue weighted by atomic mass is 19.4. The first-order chi connectivity index (χ1) is 12.5. The highest BCUT2D eigenvalue weighted by Gasteiger charge is 2.57. The Bertz CT molecular complexity index is 734. The van der Waals surface area contributed by atoms with E-state index in [1.165, 1.54) is 11.0 Å². The number of alkyl halides is 3. The molecule has 1 N–H and O–H groups in total. The number of rotatable bonds is 2. The molecule has 3 rings (SSSR count). The molecule has 1 aromatic rings. The minimum absolute atomic E-state index is 0.189. The molecular weight excluding hydrogens is 363 g/mol. The van der Waals surface area contributed by atoms with Crippen molar-refractivity contribution in [3.63, 3.8) is 0 Å². The maximum absolute atomic E-state index is 12.6. The largest absolute Gasteiger partial charge is 0.433 e. The number of hydrogen-bond donors (Lipinski definition) is 1. The molecule has 0 aliphatic carbocycles.